The Morgan fingerprint density at radius 1 is 0.963 bits per heavy atom. The number of ketones is 2. The maximum Gasteiger partial charge on any atom is 0.166 e. The second kappa shape index (κ2) is 9.43. The molecular formula is C23H32N2O2. The van der Waals surface area contributed by atoms with Gasteiger partial charge in [0.25, 0.3) is 0 Å². The highest BCUT2D eigenvalue weighted by atomic mass is 16.1. The summed E-state index contributed by atoms with van der Waals surface area (Å²) in [6, 6.07) is 8.20. The predicted octanol–water partition coefficient (Wildman–Crippen LogP) is 3.35. The number of likely N-dealkylation sites (N-methyl/N-ethyl adjacent to an activating group) is 1. The van der Waals surface area contributed by atoms with Crippen molar-refractivity contribution in [3.05, 3.63) is 47.0 Å². The van der Waals surface area contributed by atoms with Gasteiger partial charge in [0.05, 0.1) is 5.57 Å². The SMILES string of the molecule is CCN1CCN(CCCC=C2C(=O)CC(c3ccc(C)cc3)CC2=O)CC1. The summed E-state index contributed by atoms with van der Waals surface area (Å²) in [4.78, 5) is 30.0. The molecule has 1 aliphatic heterocycles. The van der Waals surface area contributed by atoms with E-state index in [1.165, 1.54) is 5.56 Å². The number of allylic oxidation sites excluding steroid dienone is 2. The summed E-state index contributed by atoms with van der Waals surface area (Å²) >= 11 is 0. The molecule has 27 heavy (non-hydrogen) atoms. The molecule has 4 heteroatoms. The van der Waals surface area contributed by atoms with E-state index in [0.717, 1.165) is 57.7 Å². The first-order chi connectivity index (χ1) is 13.1. The molecule has 1 aliphatic carbocycles. The summed E-state index contributed by atoms with van der Waals surface area (Å²) in [7, 11) is 0. The van der Waals surface area contributed by atoms with Crippen LogP contribution >= 0.6 is 0 Å². The number of nitrogens with zero attached hydrogens (tertiary/aromatic N) is 2. The third kappa shape index (κ3) is 5.36. The lowest BCUT2D eigenvalue weighted by molar-refractivity contribution is -0.124. The number of Topliss-reactive ketones (excluding diaryl/α,β-unsaturated/α-hetero) is 2. The number of hydrogen-bond donors (Lipinski definition) is 0. The molecule has 0 N–H and O–H groups in total. The van der Waals surface area contributed by atoms with Gasteiger partial charge in [0.2, 0.25) is 0 Å². The van der Waals surface area contributed by atoms with E-state index >= 15 is 0 Å². The van der Waals surface area contributed by atoms with Crippen molar-refractivity contribution < 1.29 is 9.59 Å². The van der Waals surface area contributed by atoms with Crippen molar-refractivity contribution in [2.45, 2.75) is 45.4 Å². The fourth-order valence-electron chi connectivity index (χ4n) is 4.09. The van der Waals surface area contributed by atoms with E-state index < -0.39 is 0 Å². The number of benzene rings is 1. The molecule has 1 heterocycles. The molecule has 2 fully saturated rings. The minimum Gasteiger partial charge on any atom is -0.301 e. The van der Waals surface area contributed by atoms with Gasteiger partial charge < -0.3 is 9.80 Å². The quantitative estimate of drug-likeness (QED) is 0.439. The molecule has 0 radical (unpaired) electrons. The minimum atomic E-state index is 0.0217. The van der Waals surface area contributed by atoms with Crippen LogP contribution in [0.3, 0.4) is 0 Å². The second-order valence-electron chi connectivity index (χ2n) is 7.90. The van der Waals surface area contributed by atoms with E-state index in [9.17, 15) is 9.59 Å². The summed E-state index contributed by atoms with van der Waals surface area (Å²) < 4.78 is 0. The molecule has 2 aliphatic rings. The maximum absolute atomic E-state index is 12.5. The average Bonchev–Trinajstić information content (AvgIpc) is 2.67. The smallest absolute Gasteiger partial charge is 0.166 e. The molecule has 3 rings (SSSR count). The zero-order valence-electron chi connectivity index (χ0n) is 16.7. The standard InChI is InChI=1S/C23H32N2O2/c1-3-24-12-14-25(15-13-24)11-5-4-6-21-22(26)16-20(17-23(21)27)19-9-7-18(2)8-10-19/h6-10,20H,3-5,11-17H2,1-2H3. The van der Waals surface area contributed by atoms with Crippen molar-refractivity contribution in [2.24, 2.45) is 0 Å². The van der Waals surface area contributed by atoms with Crippen LogP contribution in [0.5, 0.6) is 0 Å². The van der Waals surface area contributed by atoms with Crippen molar-refractivity contribution in [3.8, 4) is 0 Å². The van der Waals surface area contributed by atoms with Crippen molar-refractivity contribution in [1.29, 1.82) is 0 Å². The Balaban J connectivity index is 1.47. The molecule has 0 unspecified atom stereocenters. The van der Waals surface area contributed by atoms with Crippen LogP contribution in [0.2, 0.25) is 0 Å². The summed E-state index contributed by atoms with van der Waals surface area (Å²) in [6.45, 7) is 11.0. The van der Waals surface area contributed by atoms with Crippen molar-refractivity contribution in [2.75, 3.05) is 39.3 Å². The van der Waals surface area contributed by atoms with Gasteiger partial charge in [0.1, 0.15) is 0 Å². The zero-order chi connectivity index (χ0) is 19.2. The highest BCUT2D eigenvalue weighted by Crippen LogP contribution is 2.31. The molecule has 146 valence electrons. The Bertz CT molecular complexity index is 665. The van der Waals surface area contributed by atoms with E-state index in [1.807, 2.05) is 25.1 Å². The Hall–Kier alpha value is -1.78. The van der Waals surface area contributed by atoms with E-state index in [2.05, 4.69) is 28.9 Å². The molecule has 0 atom stereocenters. The third-order valence-corrected chi connectivity index (χ3v) is 5.95. The summed E-state index contributed by atoms with van der Waals surface area (Å²) in [5.41, 5.74) is 2.76. The number of carbonyl (C=O) groups excluding carboxylic acids is 2. The highest BCUT2D eigenvalue weighted by Gasteiger charge is 2.30. The lowest BCUT2D eigenvalue weighted by Crippen LogP contribution is -2.46. The fourth-order valence-corrected chi connectivity index (χ4v) is 4.09. The van der Waals surface area contributed by atoms with Crippen LogP contribution in [0, 0.1) is 6.92 Å². The number of piperazine rings is 1. The van der Waals surface area contributed by atoms with Gasteiger partial charge in [-0.05, 0) is 44.3 Å². The molecule has 1 aromatic rings. The van der Waals surface area contributed by atoms with Crippen molar-refractivity contribution >= 4 is 11.6 Å². The molecule has 0 bridgehead atoms. The summed E-state index contributed by atoms with van der Waals surface area (Å²) in [5, 5.41) is 0. The first-order valence-corrected chi connectivity index (χ1v) is 10.3. The monoisotopic (exact) mass is 368 g/mol. The van der Waals surface area contributed by atoms with Gasteiger partial charge in [0.15, 0.2) is 11.6 Å². The third-order valence-electron chi connectivity index (χ3n) is 5.95. The van der Waals surface area contributed by atoms with Gasteiger partial charge in [-0.1, -0.05) is 42.8 Å². The number of unbranched alkanes of at least 4 members (excludes halogenated alkanes) is 1. The number of hydrogen-bond acceptors (Lipinski definition) is 4. The molecule has 1 saturated carbocycles. The minimum absolute atomic E-state index is 0.0217. The Morgan fingerprint density at radius 3 is 2.15 bits per heavy atom. The van der Waals surface area contributed by atoms with Gasteiger partial charge in [-0.15, -0.1) is 0 Å². The molecule has 0 aromatic heterocycles. The number of rotatable bonds is 6. The first-order valence-electron chi connectivity index (χ1n) is 10.3. The van der Waals surface area contributed by atoms with Crippen LogP contribution in [-0.2, 0) is 9.59 Å². The fraction of sp³-hybridized carbons (Fsp3) is 0.565. The van der Waals surface area contributed by atoms with E-state index in [4.69, 9.17) is 0 Å². The van der Waals surface area contributed by atoms with Crippen LogP contribution in [0.1, 0.15) is 49.7 Å². The van der Waals surface area contributed by atoms with E-state index in [0.29, 0.717) is 18.4 Å². The van der Waals surface area contributed by atoms with Crippen LogP contribution in [0.15, 0.2) is 35.9 Å². The lowest BCUT2D eigenvalue weighted by Gasteiger charge is -2.33. The van der Waals surface area contributed by atoms with Crippen LogP contribution < -0.4 is 0 Å². The molecule has 4 nitrogen and oxygen atoms in total. The normalized spacial score (nSPS) is 22.3. The van der Waals surface area contributed by atoms with Crippen molar-refractivity contribution in [3.63, 3.8) is 0 Å². The maximum atomic E-state index is 12.5. The van der Waals surface area contributed by atoms with Crippen LogP contribution in [-0.4, -0.2) is 60.6 Å². The Labute approximate surface area is 163 Å². The average molecular weight is 369 g/mol. The van der Waals surface area contributed by atoms with Gasteiger partial charge in [-0.25, -0.2) is 0 Å². The van der Waals surface area contributed by atoms with Gasteiger partial charge in [0, 0.05) is 39.0 Å². The lowest BCUT2D eigenvalue weighted by atomic mass is 9.79. The second-order valence-corrected chi connectivity index (χ2v) is 7.90. The predicted molar refractivity (Wildman–Crippen MR) is 109 cm³/mol. The topological polar surface area (TPSA) is 40.6 Å². The van der Waals surface area contributed by atoms with Crippen molar-refractivity contribution in [1.82, 2.24) is 9.80 Å². The van der Waals surface area contributed by atoms with Gasteiger partial charge >= 0.3 is 0 Å². The highest BCUT2D eigenvalue weighted by molar-refractivity contribution is 6.22. The first kappa shape index (κ1) is 20.0. The summed E-state index contributed by atoms with van der Waals surface area (Å²) in [5.74, 6) is 0.0828. The van der Waals surface area contributed by atoms with E-state index in [1.54, 1.807) is 0 Å². The number of aryl methyl sites for hydroxylation is 1. The molecule has 1 aromatic carbocycles. The number of carbonyl (C=O) groups is 2. The van der Waals surface area contributed by atoms with E-state index in [-0.39, 0.29) is 17.5 Å². The Morgan fingerprint density at radius 2 is 1.56 bits per heavy atom. The van der Waals surface area contributed by atoms with Crippen LogP contribution in [0.4, 0.5) is 0 Å². The molecule has 1 saturated heterocycles. The van der Waals surface area contributed by atoms with Gasteiger partial charge in [-0.3, -0.25) is 9.59 Å². The summed E-state index contributed by atoms with van der Waals surface area (Å²) in [6.07, 6.45) is 4.64. The molecular weight excluding hydrogens is 336 g/mol. The Kier molecular flexibility index (Phi) is 6.97. The molecule has 0 amide bonds. The van der Waals surface area contributed by atoms with Crippen LogP contribution in [0.25, 0.3) is 0 Å². The molecule has 0 spiro atoms. The van der Waals surface area contributed by atoms with Gasteiger partial charge in [-0.2, -0.15) is 0 Å². The zero-order valence-corrected chi connectivity index (χ0v) is 16.7. The largest absolute Gasteiger partial charge is 0.301 e.